The van der Waals surface area contributed by atoms with E-state index in [9.17, 15) is 4.79 Å². The average molecular weight is 362 g/mol. The number of para-hydroxylation sites is 2. The van der Waals surface area contributed by atoms with E-state index in [2.05, 4.69) is 15.3 Å². The lowest BCUT2D eigenvalue weighted by atomic mass is 9.94. The van der Waals surface area contributed by atoms with Gasteiger partial charge in [-0.15, -0.1) is 0 Å². The Hall–Kier alpha value is -3.41. The van der Waals surface area contributed by atoms with E-state index in [1.165, 1.54) is 0 Å². The van der Waals surface area contributed by atoms with Crippen LogP contribution in [0.5, 0.6) is 5.75 Å². The highest BCUT2D eigenvalue weighted by Crippen LogP contribution is 2.28. The molecule has 1 amide bonds. The van der Waals surface area contributed by atoms with E-state index in [4.69, 9.17) is 10.5 Å². The summed E-state index contributed by atoms with van der Waals surface area (Å²) in [4.78, 5) is 20.5. The largest absolute Gasteiger partial charge is 0.495 e. The highest BCUT2D eigenvalue weighted by atomic mass is 16.5. The molecule has 2 aromatic carbocycles. The second-order valence-electron chi connectivity index (χ2n) is 6.41. The van der Waals surface area contributed by atoms with Gasteiger partial charge in [-0.1, -0.05) is 32.0 Å². The number of anilines is 2. The third-order valence-corrected chi connectivity index (χ3v) is 4.24. The molecule has 0 fully saturated rings. The fourth-order valence-electron chi connectivity index (χ4n) is 2.87. The van der Waals surface area contributed by atoms with E-state index in [1.807, 2.05) is 56.3 Å². The summed E-state index contributed by atoms with van der Waals surface area (Å²) in [5.74, 6) is 0.911. The van der Waals surface area contributed by atoms with Gasteiger partial charge in [-0.2, -0.15) is 0 Å². The molecule has 0 unspecified atom stereocenters. The molecule has 0 bridgehead atoms. The second-order valence-corrected chi connectivity index (χ2v) is 6.41. The number of primary amides is 1. The van der Waals surface area contributed by atoms with Crippen LogP contribution < -0.4 is 15.8 Å². The Morgan fingerprint density at radius 1 is 1.15 bits per heavy atom. The van der Waals surface area contributed by atoms with Crippen molar-refractivity contribution >= 4 is 17.5 Å². The molecule has 1 aromatic heterocycles. The van der Waals surface area contributed by atoms with Crippen LogP contribution in [0.15, 0.2) is 54.7 Å². The number of benzene rings is 2. The number of rotatable bonds is 6. The van der Waals surface area contributed by atoms with Crippen molar-refractivity contribution < 1.29 is 9.53 Å². The molecule has 0 spiro atoms. The molecule has 6 heteroatoms. The lowest BCUT2D eigenvalue weighted by Crippen LogP contribution is -2.14. The predicted octanol–water partition coefficient (Wildman–Crippen LogP) is 4.12. The normalized spacial score (nSPS) is 10.7. The molecule has 6 nitrogen and oxygen atoms in total. The Labute approximate surface area is 158 Å². The fraction of sp³-hybridized carbons (Fsp3) is 0.190. The molecule has 0 radical (unpaired) electrons. The summed E-state index contributed by atoms with van der Waals surface area (Å²) in [5, 5.41) is 3.18. The Balaban J connectivity index is 1.96. The van der Waals surface area contributed by atoms with Crippen molar-refractivity contribution in [3.8, 4) is 17.0 Å². The van der Waals surface area contributed by atoms with Gasteiger partial charge in [-0.25, -0.2) is 9.97 Å². The number of nitrogens with two attached hydrogens (primary N) is 1. The first-order chi connectivity index (χ1) is 13.0. The first-order valence-corrected chi connectivity index (χ1v) is 8.66. The van der Waals surface area contributed by atoms with E-state index in [1.54, 1.807) is 19.4 Å². The summed E-state index contributed by atoms with van der Waals surface area (Å²) in [5.41, 5.74) is 9.36. The Morgan fingerprint density at radius 2 is 1.93 bits per heavy atom. The van der Waals surface area contributed by atoms with E-state index in [-0.39, 0.29) is 5.92 Å². The lowest BCUT2D eigenvalue weighted by Gasteiger charge is -2.13. The molecular weight excluding hydrogens is 340 g/mol. The minimum Gasteiger partial charge on any atom is -0.495 e. The molecular formula is C21H22N4O2. The molecule has 0 aliphatic carbocycles. The Kier molecular flexibility index (Phi) is 5.35. The Bertz CT molecular complexity index is 970. The van der Waals surface area contributed by atoms with Crippen LogP contribution in [0.2, 0.25) is 0 Å². The van der Waals surface area contributed by atoms with Gasteiger partial charge in [-0.3, -0.25) is 4.79 Å². The van der Waals surface area contributed by atoms with Gasteiger partial charge in [0, 0.05) is 17.3 Å². The van der Waals surface area contributed by atoms with Gasteiger partial charge in [0.1, 0.15) is 5.75 Å². The maximum atomic E-state index is 11.7. The van der Waals surface area contributed by atoms with Crippen LogP contribution in [0.25, 0.3) is 11.3 Å². The lowest BCUT2D eigenvalue weighted by molar-refractivity contribution is 0.0999. The van der Waals surface area contributed by atoms with Crippen LogP contribution in [0.3, 0.4) is 0 Å². The summed E-state index contributed by atoms with van der Waals surface area (Å²) >= 11 is 0. The molecule has 3 N–H and O–H groups in total. The summed E-state index contributed by atoms with van der Waals surface area (Å²) < 4.78 is 5.35. The van der Waals surface area contributed by atoms with E-state index >= 15 is 0 Å². The van der Waals surface area contributed by atoms with Gasteiger partial charge in [0.25, 0.3) is 0 Å². The Morgan fingerprint density at radius 3 is 2.63 bits per heavy atom. The number of nitrogens with zero attached hydrogens (tertiary/aromatic N) is 2. The molecule has 0 aliphatic rings. The van der Waals surface area contributed by atoms with Crippen molar-refractivity contribution in [3.05, 3.63) is 65.9 Å². The van der Waals surface area contributed by atoms with Gasteiger partial charge >= 0.3 is 0 Å². The number of carbonyl (C=O) groups is 1. The van der Waals surface area contributed by atoms with Crippen molar-refractivity contribution in [1.29, 1.82) is 0 Å². The van der Waals surface area contributed by atoms with E-state index in [0.29, 0.717) is 17.3 Å². The van der Waals surface area contributed by atoms with Crippen molar-refractivity contribution in [3.63, 3.8) is 0 Å². The van der Waals surface area contributed by atoms with Crippen LogP contribution in [0.1, 0.15) is 35.7 Å². The minimum atomic E-state index is -0.425. The van der Waals surface area contributed by atoms with Crippen molar-refractivity contribution in [2.45, 2.75) is 19.8 Å². The molecule has 3 aromatic rings. The topological polar surface area (TPSA) is 90.1 Å². The summed E-state index contributed by atoms with van der Waals surface area (Å²) in [7, 11) is 1.62. The molecule has 0 aliphatic heterocycles. The number of ether oxygens (including phenoxy) is 1. The zero-order valence-electron chi connectivity index (χ0n) is 15.6. The third-order valence-electron chi connectivity index (χ3n) is 4.24. The zero-order chi connectivity index (χ0) is 19.4. The molecule has 138 valence electrons. The summed E-state index contributed by atoms with van der Waals surface area (Å²) in [6, 6.07) is 15.0. The van der Waals surface area contributed by atoms with Crippen molar-refractivity contribution in [2.75, 3.05) is 12.4 Å². The zero-order valence-corrected chi connectivity index (χ0v) is 15.6. The molecule has 0 saturated carbocycles. The first kappa shape index (κ1) is 18.4. The van der Waals surface area contributed by atoms with E-state index in [0.717, 1.165) is 22.5 Å². The molecule has 1 heterocycles. The number of aromatic nitrogens is 2. The van der Waals surface area contributed by atoms with Gasteiger partial charge in [-0.05, 0) is 41.8 Å². The van der Waals surface area contributed by atoms with Crippen LogP contribution in [-0.2, 0) is 0 Å². The van der Waals surface area contributed by atoms with Gasteiger partial charge in [0.2, 0.25) is 11.9 Å². The van der Waals surface area contributed by atoms with Gasteiger partial charge < -0.3 is 15.8 Å². The fourth-order valence-corrected chi connectivity index (χ4v) is 2.87. The quantitative estimate of drug-likeness (QED) is 0.688. The molecule has 27 heavy (non-hydrogen) atoms. The average Bonchev–Trinajstić information content (AvgIpc) is 2.68. The minimum absolute atomic E-state index is 0.167. The second kappa shape index (κ2) is 7.86. The predicted molar refractivity (Wildman–Crippen MR) is 106 cm³/mol. The van der Waals surface area contributed by atoms with Gasteiger partial charge in [0.05, 0.1) is 18.5 Å². The van der Waals surface area contributed by atoms with Crippen LogP contribution >= 0.6 is 0 Å². The van der Waals surface area contributed by atoms with Crippen LogP contribution in [-0.4, -0.2) is 23.0 Å². The van der Waals surface area contributed by atoms with Gasteiger partial charge in [0.15, 0.2) is 0 Å². The molecule has 0 saturated heterocycles. The number of hydrogen-bond acceptors (Lipinski definition) is 5. The number of hydrogen-bond donors (Lipinski definition) is 2. The molecule has 3 rings (SSSR count). The number of carbonyl (C=O) groups excluding carboxylic acids is 1. The van der Waals surface area contributed by atoms with Crippen molar-refractivity contribution in [1.82, 2.24) is 9.97 Å². The van der Waals surface area contributed by atoms with Crippen LogP contribution in [0.4, 0.5) is 11.6 Å². The van der Waals surface area contributed by atoms with Crippen molar-refractivity contribution in [2.24, 2.45) is 5.73 Å². The highest BCUT2D eigenvalue weighted by Gasteiger charge is 2.14. The SMILES string of the molecule is COc1ccccc1Nc1nccc(-c2ccc(C(N)=O)c(C(C)C)c2)n1. The molecule has 0 atom stereocenters. The summed E-state index contributed by atoms with van der Waals surface area (Å²) in [6.07, 6.45) is 1.69. The smallest absolute Gasteiger partial charge is 0.248 e. The number of nitrogens with one attached hydrogen (secondary N) is 1. The first-order valence-electron chi connectivity index (χ1n) is 8.66. The monoisotopic (exact) mass is 362 g/mol. The highest BCUT2D eigenvalue weighted by molar-refractivity contribution is 5.95. The third kappa shape index (κ3) is 4.06. The van der Waals surface area contributed by atoms with Crippen LogP contribution in [0, 0.1) is 0 Å². The maximum Gasteiger partial charge on any atom is 0.248 e. The van der Waals surface area contributed by atoms with E-state index < -0.39 is 5.91 Å². The standard InChI is InChI=1S/C21H22N4O2/c1-13(2)16-12-14(8-9-15(16)20(22)26)17-10-11-23-21(24-17)25-18-6-4-5-7-19(18)27-3/h4-13H,1-3H3,(H2,22,26)(H,23,24,25). The number of methoxy groups -OCH3 is 1. The summed E-state index contributed by atoms with van der Waals surface area (Å²) in [6.45, 7) is 4.06. The number of amides is 1. The maximum absolute atomic E-state index is 11.7.